The largest absolute Gasteiger partial charge is 0.456 e. The van der Waals surface area contributed by atoms with Crippen molar-refractivity contribution in [1.82, 2.24) is 0 Å². The SMILES string of the molecule is ClC(c1ccc2oc3ccccc3c2c1)C1CCCCC1. The highest BCUT2D eigenvalue weighted by atomic mass is 35.5. The molecule has 1 fully saturated rings. The summed E-state index contributed by atoms with van der Waals surface area (Å²) in [4.78, 5) is 0. The molecule has 1 aliphatic rings. The molecule has 0 bridgehead atoms. The molecule has 0 aliphatic heterocycles. The second-order valence-electron chi connectivity index (χ2n) is 6.15. The Kier molecular flexibility index (Phi) is 3.39. The highest BCUT2D eigenvalue weighted by Crippen LogP contribution is 2.40. The van der Waals surface area contributed by atoms with Gasteiger partial charge in [-0.3, -0.25) is 0 Å². The van der Waals surface area contributed by atoms with Crippen molar-refractivity contribution in [3.05, 3.63) is 48.0 Å². The molecule has 2 aromatic carbocycles. The fourth-order valence-electron chi connectivity index (χ4n) is 3.61. The summed E-state index contributed by atoms with van der Waals surface area (Å²) >= 11 is 6.77. The number of alkyl halides is 1. The summed E-state index contributed by atoms with van der Waals surface area (Å²) in [5.41, 5.74) is 3.14. The van der Waals surface area contributed by atoms with Gasteiger partial charge in [-0.15, -0.1) is 11.6 Å². The Labute approximate surface area is 129 Å². The maximum atomic E-state index is 6.77. The Morgan fingerprint density at radius 1 is 0.905 bits per heavy atom. The lowest BCUT2D eigenvalue weighted by molar-refractivity contribution is 0.348. The molecule has 0 radical (unpaired) electrons. The number of fused-ring (bicyclic) bond motifs is 3. The van der Waals surface area contributed by atoms with E-state index in [1.807, 2.05) is 12.1 Å². The predicted octanol–water partition coefficient (Wildman–Crippen LogP) is 6.45. The molecular formula is C19H19ClO. The summed E-state index contributed by atoms with van der Waals surface area (Å²) in [7, 11) is 0. The van der Waals surface area contributed by atoms with Crippen LogP contribution in [0.3, 0.4) is 0 Å². The molecule has 0 amide bonds. The fourth-order valence-corrected chi connectivity index (χ4v) is 4.00. The van der Waals surface area contributed by atoms with Crippen LogP contribution >= 0.6 is 11.6 Å². The second kappa shape index (κ2) is 5.38. The monoisotopic (exact) mass is 298 g/mol. The van der Waals surface area contributed by atoms with E-state index in [1.54, 1.807) is 0 Å². The van der Waals surface area contributed by atoms with E-state index < -0.39 is 0 Å². The Morgan fingerprint density at radius 3 is 2.52 bits per heavy atom. The Morgan fingerprint density at radius 2 is 1.67 bits per heavy atom. The molecule has 1 unspecified atom stereocenters. The van der Waals surface area contributed by atoms with Crippen LogP contribution < -0.4 is 0 Å². The van der Waals surface area contributed by atoms with E-state index in [1.165, 1.54) is 48.4 Å². The third-order valence-corrected chi connectivity index (χ3v) is 5.39. The zero-order valence-corrected chi connectivity index (χ0v) is 12.8. The van der Waals surface area contributed by atoms with E-state index in [0.29, 0.717) is 5.92 Å². The smallest absolute Gasteiger partial charge is 0.135 e. The normalized spacial score (nSPS) is 18.3. The van der Waals surface area contributed by atoms with E-state index in [4.69, 9.17) is 16.0 Å². The molecule has 1 aromatic heterocycles. The molecule has 1 nitrogen and oxygen atoms in total. The van der Waals surface area contributed by atoms with Crippen LogP contribution in [0.4, 0.5) is 0 Å². The Balaban J connectivity index is 1.76. The maximum absolute atomic E-state index is 6.77. The van der Waals surface area contributed by atoms with Crippen molar-refractivity contribution >= 4 is 33.5 Å². The molecule has 2 heteroatoms. The number of para-hydroxylation sites is 1. The summed E-state index contributed by atoms with van der Waals surface area (Å²) in [6, 6.07) is 14.7. The number of furan rings is 1. The second-order valence-corrected chi connectivity index (χ2v) is 6.62. The molecular weight excluding hydrogens is 280 g/mol. The summed E-state index contributed by atoms with van der Waals surface area (Å²) in [6.07, 6.45) is 6.54. The molecule has 1 saturated carbocycles. The minimum Gasteiger partial charge on any atom is -0.456 e. The van der Waals surface area contributed by atoms with Crippen molar-refractivity contribution in [3.8, 4) is 0 Å². The molecule has 4 rings (SSSR count). The van der Waals surface area contributed by atoms with E-state index in [2.05, 4.69) is 30.3 Å². The lowest BCUT2D eigenvalue weighted by atomic mass is 9.84. The van der Waals surface area contributed by atoms with Gasteiger partial charge >= 0.3 is 0 Å². The summed E-state index contributed by atoms with van der Waals surface area (Å²) in [6.45, 7) is 0. The zero-order chi connectivity index (χ0) is 14.2. The zero-order valence-electron chi connectivity index (χ0n) is 12.0. The minimum atomic E-state index is 0.128. The van der Waals surface area contributed by atoms with Crippen molar-refractivity contribution in [3.63, 3.8) is 0 Å². The van der Waals surface area contributed by atoms with Gasteiger partial charge in [-0.2, -0.15) is 0 Å². The topological polar surface area (TPSA) is 13.1 Å². The van der Waals surface area contributed by atoms with Crippen LogP contribution in [0.1, 0.15) is 43.0 Å². The van der Waals surface area contributed by atoms with Gasteiger partial charge in [-0.05, 0) is 42.5 Å². The molecule has 3 aromatic rings. The van der Waals surface area contributed by atoms with Crippen LogP contribution in [-0.4, -0.2) is 0 Å². The maximum Gasteiger partial charge on any atom is 0.135 e. The predicted molar refractivity (Wildman–Crippen MR) is 88.9 cm³/mol. The van der Waals surface area contributed by atoms with E-state index in [9.17, 15) is 0 Å². The van der Waals surface area contributed by atoms with Crippen LogP contribution in [-0.2, 0) is 0 Å². The lowest BCUT2D eigenvalue weighted by Crippen LogP contribution is -2.12. The first-order chi connectivity index (χ1) is 10.3. The first-order valence-electron chi connectivity index (χ1n) is 7.88. The van der Waals surface area contributed by atoms with Crippen molar-refractivity contribution < 1.29 is 4.42 Å². The molecule has 0 N–H and O–H groups in total. The van der Waals surface area contributed by atoms with Crippen molar-refractivity contribution in [2.24, 2.45) is 5.92 Å². The van der Waals surface area contributed by atoms with Gasteiger partial charge in [0.2, 0.25) is 0 Å². The average Bonchev–Trinajstić information content (AvgIpc) is 2.93. The number of benzene rings is 2. The van der Waals surface area contributed by atoms with Gasteiger partial charge in [0, 0.05) is 10.8 Å². The van der Waals surface area contributed by atoms with Crippen LogP contribution in [0.2, 0.25) is 0 Å². The summed E-state index contributed by atoms with van der Waals surface area (Å²) < 4.78 is 5.89. The van der Waals surface area contributed by atoms with Crippen molar-refractivity contribution in [1.29, 1.82) is 0 Å². The molecule has 0 saturated heterocycles. The first-order valence-corrected chi connectivity index (χ1v) is 8.32. The lowest BCUT2D eigenvalue weighted by Gasteiger charge is -2.26. The minimum absolute atomic E-state index is 0.128. The third kappa shape index (κ3) is 2.34. The summed E-state index contributed by atoms with van der Waals surface area (Å²) in [5, 5.41) is 2.50. The van der Waals surface area contributed by atoms with Crippen LogP contribution in [0.5, 0.6) is 0 Å². The van der Waals surface area contributed by atoms with E-state index in [-0.39, 0.29) is 5.38 Å². The number of rotatable bonds is 2. The van der Waals surface area contributed by atoms with Crippen LogP contribution in [0.25, 0.3) is 21.9 Å². The van der Waals surface area contributed by atoms with Crippen molar-refractivity contribution in [2.75, 3.05) is 0 Å². The van der Waals surface area contributed by atoms with Gasteiger partial charge in [-0.25, -0.2) is 0 Å². The van der Waals surface area contributed by atoms with Gasteiger partial charge in [0.05, 0.1) is 5.38 Å². The van der Waals surface area contributed by atoms with E-state index in [0.717, 1.165) is 11.2 Å². The van der Waals surface area contributed by atoms with E-state index >= 15 is 0 Å². The van der Waals surface area contributed by atoms with Gasteiger partial charge in [0.25, 0.3) is 0 Å². The molecule has 1 heterocycles. The third-order valence-electron chi connectivity index (χ3n) is 4.78. The van der Waals surface area contributed by atoms with Crippen LogP contribution in [0.15, 0.2) is 46.9 Å². The molecule has 1 atom stereocenters. The van der Waals surface area contributed by atoms with Gasteiger partial charge in [0.15, 0.2) is 0 Å². The molecule has 21 heavy (non-hydrogen) atoms. The fraction of sp³-hybridized carbons (Fsp3) is 0.368. The molecule has 108 valence electrons. The number of hydrogen-bond acceptors (Lipinski definition) is 1. The molecule has 1 aliphatic carbocycles. The number of halogens is 1. The van der Waals surface area contributed by atoms with Crippen LogP contribution in [0, 0.1) is 5.92 Å². The van der Waals surface area contributed by atoms with Crippen molar-refractivity contribution in [2.45, 2.75) is 37.5 Å². The van der Waals surface area contributed by atoms with Gasteiger partial charge in [-0.1, -0.05) is 43.5 Å². The highest BCUT2D eigenvalue weighted by molar-refractivity contribution is 6.21. The quantitative estimate of drug-likeness (QED) is 0.496. The Hall–Kier alpha value is -1.47. The average molecular weight is 299 g/mol. The summed E-state index contributed by atoms with van der Waals surface area (Å²) in [5.74, 6) is 0.621. The van der Waals surface area contributed by atoms with Gasteiger partial charge in [0.1, 0.15) is 11.2 Å². The first kappa shape index (κ1) is 13.2. The number of hydrogen-bond donors (Lipinski definition) is 0. The molecule has 0 spiro atoms. The highest BCUT2D eigenvalue weighted by Gasteiger charge is 2.23. The Bertz CT molecular complexity index is 767. The van der Waals surface area contributed by atoms with Gasteiger partial charge < -0.3 is 4.42 Å². The standard InChI is InChI=1S/C19H19ClO/c20-19(13-6-2-1-3-7-13)14-10-11-18-16(12-14)15-8-4-5-9-17(15)21-18/h4-5,8-13,19H,1-3,6-7H2.